The monoisotopic (exact) mass is 421 g/mol. The average Bonchev–Trinajstić information content (AvgIpc) is 3.47. The molecule has 0 unspecified atom stereocenters. The molecule has 0 atom stereocenters. The van der Waals surface area contributed by atoms with Gasteiger partial charge in [0.15, 0.2) is 0 Å². The van der Waals surface area contributed by atoms with E-state index in [0.717, 1.165) is 22.6 Å². The van der Waals surface area contributed by atoms with Gasteiger partial charge < -0.3 is 14.4 Å². The molecule has 3 aromatic heterocycles. The Balaban J connectivity index is 1.33. The normalized spacial score (nSPS) is 11.2. The van der Waals surface area contributed by atoms with E-state index in [4.69, 9.17) is 4.52 Å². The van der Waals surface area contributed by atoms with Crippen LogP contribution in [0.3, 0.4) is 0 Å². The molecule has 0 saturated carbocycles. The zero-order valence-corrected chi connectivity index (χ0v) is 17.7. The van der Waals surface area contributed by atoms with Gasteiger partial charge in [0.1, 0.15) is 5.82 Å². The number of benzene rings is 1. The quantitative estimate of drug-likeness (QED) is 0.444. The molecule has 30 heavy (non-hydrogen) atoms. The van der Waals surface area contributed by atoms with Gasteiger partial charge in [-0.25, -0.2) is 4.98 Å². The number of aryl methyl sites for hydroxylation is 1. The van der Waals surface area contributed by atoms with Crippen LogP contribution in [0.2, 0.25) is 0 Å². The first kappa shape index (κ1) is 20.0. The van der Waals surface area contributed by atoms with Crippen molar-refractivity contribution in [1.29, 1.82) is 0 Å². The van der Waals surface area contributed by atoms with Crippen molar-refractivity contribution in [2.75, 3.05) is 5.32 Å². The number of hydrogen-bond acceptors (Lipinski definition) is 6. The van der Waals surface area contributed by atoms with Crippen LogP contribution in [0, 0.1) is 0 Å². The summed E-state index contributed by atoms with van der Waals surface area (Å²) < 4.78 is 7.38. The Kier molecular flexibility index (Phi) is 6.04. The first-order valence-corrected chi connectivity index (χ1v) is 10.8. The number of carbonyl (C=O) groups excluding carboxylic acids is 1. The second-order valence-corrected chi connectivity index (χ2v) is 8.12. The molecule has 4 aromatic rings. The van der Waals surface area contributed by atoms with Crippen LogP contribution in [0.15, 0.2) is 58.0 Å². The molecule has 3 heterocycles. The van der Waals surface area contributed by atoms with Crippen molar-refractivity contribution < 1.29 is 9.32 Å². The van der Waals surface area contributed by atoms with Crippen LogP contribution in [-0.4, -0.2) is 25.6 Å². The minimum absolute atomic E-state index is 0.0899. The van der Waals surface area contributed by atoms with Gasteiger partial charge in [-0.15, -0.1) is 0 Å². The molecule has 0 aliphatic rings. The molecule has 1 aromatic carbocycles. The highest BCUT2D eigenvalue weighted by Crippen LogP contribution is 2.20. The average molecular weight is 422 g/mol. The van der Waals surface area contributed by atoms with E-state index in [9.17, 15) is 4.79 Å². The molecule has 7 nitrogen and oxygen atoms in total. The molecule has 154 valence electrons. The van der Waals surface area contributed by atoms with Crippen molar-refractivity contribution in [2.24, 2.45) is 0 Å². The number of rotatable bonds is 8. The highest BCUT2D eigenvalue weighted by atomic mass is 32.1. The highest BCUT2D eigenvalue weighted by Gasteiger charge is 2.12. The van der Waals surface area contributed by atoms with Gasteiger partial charge in [-0.2, -0.15) is 16.3 Å². The summed E-state index contributed by atoms with van der Waals surface area (Å²) in [6, 6.07) is 9.81. The first-order chi connectivity index (χ1) is 14.6. The maximum atomic E-state index is 12.4. The van der Waals surface area contributed by atoms with Crippen LogP contribution >= 0.6 is 11.3 Å². The van der Waals surface area contributed by atoms with Crippen molar-refractivity contribution in [2.45, 2.75) is 39.2 Å². The Bertz CT molecular complexity index is 1110. The topological polar surface area (TPSA) is 85.8 Å². The van der Waals surface area contributed by atoms with Crippen molar-refractivity contribution in [3.05, 3.63) is 70.8 Å². The zero-order valence-electron chi connectivity index (χ0n) is 16.9. The SMILES string of the molecule is CC(C)c1nccn1Cc1cccc(NC(=O)CCc2nc(-c3ccsc3)no2)c1. The third-order valence-electron chi connectivity index (χ3n) is 4.64. The van der Waals surface area contributed by atoms with Gasteiger partial charge in [-0.1, -0.05) is 31.1 Å². The zero-order chi connectivity index (χ0) is 20.9. The lowest BCUT2D eigenvalue weighted by molar-refractivity contribution is -0.116. The smallest absolute Gasteiger partial charge is 0.227 e. The number of thiophene rings is 1. The van der Waals surface area contributed by atoms with Gasteiger partial charge in [0, 0.05) is 54.3 Å². The van der Waals surface area contributed by atoms with E-state index in [1.54, 1.807) is 11.3 Å². The molecule has 8 heteroatoms. The van der Waals surface area contributed by atoms with E-state index < -0.39 is 0 Å². The van der Waals surface area contributed by atoms with E-state index in [-0.39, 0.29) is 12.3 Å². The van der Waals surface area contributed by atoms with Crippen LogP contribution in [0.25, 0.3) is 11.4 Å². The number of anilines is 1. The molecule has 0 aliphatic heterocycles. The Morgan fingerprint density at radius 2 is 2.20 bits per heavy atom. The lowest BCUT2D eigenvalue weighted by Gasteiger charge is -2.12. The molecular weight excluding hydrogens is 398 g/mol. The molecule has 0 bridgehead atoms. The van der Waals surface area contributed by atoms with Crippen LogP contribution in [0.4, 0.5) is 5.69 Å². The number of carbonyl (C=O) groups is 1. The van der Waals surface area contributed by atoms with Crippen LogP contribution < -0.4 is 5.32 Å². The lowest BCUT2D eigenvalue weighted by Crippen LogP contribution is -2.13. The van der Waals surface area contributed by atoms with Gasteiger partial charge in [-0.3, -0.25) is 4.79 Å². The van der Waals surface area contributed by atoms with E-state index >= 15 is 0 Å². The fraction of sp³-hybridized carbons (Fsp3) is 0.273. The minimum Gasteiger partial charge on any atom is -0.339 e. The standard InChI is InChI=1S/C22H23N5O2S/c1-15(2)22-23-9-10-27(22)13-16-4-3-5-18(12-16)24-19(28)6-7-20-25-21(26-29-20)17-8-11-30-14-17/h3-5,8-12,14-15H,6-7,13H2,1-2H3,(H,24,28). The predicted octanol–water partition coefficient (Wildman–Crippen LogP) is 4.74. The number of amides is 1. The molecule has 0 saturated heterocycles. The first-order valence-electron chi connectivity index (χ1n) is 9.83. The van der Waals surface area contributed by atoms with E-state index in [2.05, 4.69) is 38.9 Å². The van der Waals surface area contributed by atoms with E-state index in [1.807, 2.05) is 53.5 Å². The molecule has 0 radical (unpaired) electrons. The largest absolute Gasteiger partial charge is 0.339 e. The van der Waals surface area contributed by atoms with Crippen molar-refractivity contribution >= 4 is 22.9 Å². The molecule has 0 aliphatic carbocycles. The molecule has 0 spiro atoms. The number of aromatic nitrogens is 4. The summed E-state index contributed by atoms with van der Waals surface area (Å²) in [5, 5.41) is 10.8. The summed E-state index contributed by atoms with van der Waals surface area (Å²) in [6.45, 7) is 4.97. The Morgan fingerprint density at radius 1 is 1.30 bits per heavy atom. The highest BCUT2D eigenvalue weighted by molar-refractivity contribution is 7.08. The van der Waals surface area contributed by atoms with Gasteiger partial charge >= 0.3 is 0 Å². The van der Waals surface area contributed by atoms with Crippen LogP contribution in [0.5, 0.6) is 0 Å². The van der Waals surface area contributed by atoms with Crippen LogP contribution in [0.1, 0.15) is 43.5 Å². The lowest BCUT2D eigenvalue weighted by atomic mass is 10.1. The summed E-state index contributed by atoms with van der Waals surface area (Å²) in [5.41, 5.74) is 2.80. The molecule has 0 fully saturated rings. The van der Waals surface area contributed by atoms with Gasteiger partial charge in [0.25, 0.3) is 0 Å². The number of nitrogens with one attached hydrogen (secondary N) is 1. The summed E-state index contributed by atoms with van der Waals surface area (Å²) in [7, 11) is 0. The second-order valence-electron chi connectivity index (χ2n) is 7.34. The van der Waals surface area contributed by atoms with Gasteiger partial charge in [-0.05, 0) is 29.1 Å². The van der Waals surface area contributed by atoms with Crippen molar-refractivity contribution in [3.63, 3.8) is 0 Å². The van der Waals surface area contributed by atoms with Crippen LogP contribution in [-0.2, 0) is 17.8 Å². The predicted molar refractivity (Wildman–Crippen MR) is 116 cm³/mol. The number of imidazole rings is 1. The third kappa shape index (κ3) is 4.83. The Labute approximate surface area is 178 Å². The summed E-state index contributed by atoms with van der Waals surface area (Å²) >= 11 is 1.58. The maximum Gasteiger partial charge on any atom is 0.227 e. The summed E-state index contributed by atoms with van der Waals surface area (Å²) in [4.78, 5) is 21.2. The van der Waals surface area contributed by atoms with Gasteiger partial charge in [0.2, 0.25) is 17.6 Å². The van der Waals surface area contributed by atoms with E-state index in [0.29, 0.717) is 30.6 Å². The number of nitrogens with zero attached hydrogens (tertiary/aromatic N) is 4. The third-order valence-corrected chi connectivity index (χ3v) is 5.32. The summed E-state index contributed by atoms with van der Waals surface area (Å²) in [5.74, 6) is 2.33. The molecule has 1 N–H and O–H groups in total. The fourth-order valence-electron chi connectivity index (χ4n) is 3.21. The minimum atomic E-state index is -0.0899. The fourth-order valence-corrected chi connectivity index (χ4v) is 3.84. The number of hydrogen-bond donors (Lipinski definition) is 1. The van der Waals surface area contributed by atoms with Crippen molar-refractivity contribution in [1.82, 2.24) is 19.7 Å². The molecule has 1 amide bonds. The Hall–Kier alpha value is -3.26. The van der Waals surface area contributed by atoms with Crippen molar-refractivity contribution in [3.8, 4) is 11.4 Å². The second kappa shape index (κ2) is 9.04. The van der Waals surface area contributed by atoms with Gasteiger partial charge in [0.05, 0.1) is 0 Å². The Morgan fingerprint density at radius 3 is 3.00 bits per heavy atom. The molecular formula is C22H23N5O2S. The maximum absolute atomic E-state index is 12.4. The molecule has 4 rings (SSSR count). The summed E-state index contributed by atoms with van der Waals surface area (Å²) in [6.07, 6.45) is 4.47. The van der Waals surface area contributed by atoms with E-state index in [1.165, 1.54) is 0 Å².